The Balaban J connectivity index is 1.66. The molecule has 3 amide bonds. The van der Waals surface area contributed by atoms with E-state index in [0.29, 0.717) is 43.2 Å². The van der Waals surface area contributed by atoms with E-state index in [1.54, 1.807) is 18.2 Å². The average molecular weight is 372 g/mol. The van der Waals surface area contributed by atoms with Crippen LogP contribution in [0, 0.1) is 11.8 Å². The number of carbonyl (C=O) groups excluding carboxylic acids is 3. The van der Waals surface area contributed by atoms with E-state index in [1.165, 1.54) is 0 Å². The van der Waals surface area contributed by atoms with Crippen LogP contribution in [0.1, 0.15) is 26.7 Å². The molecule has 1 fully saturated rings. The molecule has 7 heteroatoms. The van der Waals surface area contributed by atoms with Gasteiger partial charge in [0, 0.05) is 11.8 Å². The lowest BCUT2D eigenvalue weighted by molar-refractivity contribution is -0.142. The predicted octanol–water partition coefficient (Wildman–Crippen LogP) is 2.37. The Morgan fingerprint density at radius 1 is 1.04 bits per heavy atom. The fourth-order valence-corrected chi connectivity index (χ4v) is 3.50. The van der Waals surface area contributed by atoms with Crippen molar-refractivity contribution in [2.24, 2.45) is 11.8 Å². The number of anilines is 1. The first-order valence-corrected chi connectivity index (χ1v) is 9.24. The van der Waals surface area contributed by atoms with Crippen LogP contribution in [0.3, 0.4) is 0 Å². The van der Waals surface area contributed by atoms with E-state index in [2.05, 4.69) is 5.32 Å². The third kappa shape index (κ3) is 3.97. The lowest BCUT2D eigenvalue weighted by atomic mass is 9.85. The maximum atomic E-state index is 12.4. The lowest BCUT2D eigenvalue weighted by Crippen LogP contribution is -2.38. The van der Waals surface area contributed by atoms with E-state index in [1.807, 2.05) is 26.0 Å². The molecule has 1 heterocycles. The number of nitrogens with zero attached hydrogens (tertiary/aromatic N) is 1. The zero-order valence-corrected chi connectivity index (χ0v) is 15.6. The van der Waals surface area contributed by atoms with Crippen LogP contribution in [-0.2, 0) is 14.4 Å². The molecule has 0 bridgehead atoms. The minimum absolute atomic E-state index is 0.258. The summed E-state index contributed by atoms with van der Waals surface area (Å²) in [5, 5.41) is 2.72. The molecular weight excluding hydrogens is 348 g/mol. The number of hydrogen-bond donors (Lipinski definition) is 1. The number of imide groups is 1. The Kier molecular flexibility index (Phi) is 5.78. The molecule has 1 aromatic carbocycles. The van der Waals surface area contributed by atoms with Gasteiger partial charge in [0.25, 0.3) is 0 Å². The fourth-order valence-electron chi connectivity index (χ4n) is 3.50. The van der Waals surface area contributed by atoms with Gasteiger partial charge in [-0.1, -0.05) is 12.2 Å². The molecule has 0 spiro atoms. The summed E-state index contributed by atoms with van der Waals surface area (Å²) < 4.78 is 11.0. The van der Waals surface area contributed by atoms with Gasteiger partial charge in [0.05, 0.1) is 25.0 Å². The summed E-state index contributed by atoms with van der Waals surface area (Å²) in [4.78, 5) is 38.4. The second kappa shape index (κ2) is 8.24. The van der Waals surface area contributed by atoms with Crippen molar-refractivity contribution in [3.63, 3.8) is 0 Å². The van der Waals surface area contributed by atoms with Gasteiger partial charge in [0.15, 0.2) is 11.5 Å². The number of fused-ring (bicyclic) bond motifs is 1. The molecule has 0 aromatic heterocycles. The van der Waals surface area contributed by atoms with Crippen LogP contribution in [0.15, 0.2) is 30.4 Å². The molecule has 1 aromatic rings. The highest BCUT2D eigenvalue weighted by molar-refractivity contribution is 6.08. The first-order chi connectivity index (χ1) is 13.0. The van der Waals surface area contributed by atoms with Crippen molar-refractivity contribution < 1.29 is 23.9 Å². The number of carbonyl (C=O) groups is 3. The normalized spacial score (nSPS) is 21.2. The molecule has 0 unspecified atom stereocenters. The van der Waals surface area contributed by atoms with Crippen molar-refractivity contribution in [2.45, 2.75) is 26.7 Å². The number of benzene rings is 1. The number of nitrogens with one attached hydrogen (secondary N) is 1. The van der Waals surface area contributed by atoms with Crippen molar-refractivity contribution in [2.75, 3.05) is 25.1 Å². The van der Waals surface area contributed by atoms with Crippen molar-refractivity contribution in [1.82, 2.24) is 4.90 Å². The summed E-state index contributed by atoms with van der Waals surface area (Å²) in [5.74, 6) is -0.468. The highest BCUT2D eigenvalue weighted by atomic mass is 16.5. The van der Waals surface area contributed by atoms with Gasteiger partial charge >= 0.3 is 0 Å². The standard InChI is InChI=1S/C20H24N2O5/c1-3-26-16-10-9-13(11-17(16)27-4-2)21-18(23)12-22-19(24)14-7-5-6-8-15(14)20(22)25/h5-6,9-11,14-15H,3-4,7-8,12H2,1-2H3,(H,21,23)/t14-,15-/m0/s1. The minimum Gasteiger partial charge on any atom is -0.490 e. The predicted molar refractivity (Wildman–Crippen MR) is 99.5 cm³/mol. The molecule has 3 rings (SSSR count). The molecule has 1 N–H and O–H groups in total. The highest BCUT2D eigenvalue weighted by Gasteiger charge is 2.47. The van der Waals surface area contributed by atoms with E-state index in [0.717, 1.165) is 4.90 Å². The second-order valence-corrected chi connectivity index (χ2v) is 6.49. The smallest absolute Gasteiger partial charge is 0.244 e. The summed E-state index contributed by atoms with van der Waals surface area (Å²) >= 11 is 0. The third-order valence-electron chi connectivity index (χ3n) is 4.73. The van der Waals surface area contributed by atoms with Crippen LogP contribution in [0.5, 0.6) is 11.5 Å². The van der Waals surface area contributed by atoms with E-state index >= 15 is 0 Å². The zero-order chi connectivity index (χ0) is 19.4. The molecular formula is C20H24N2O5. The summed E-state index contributed by atoms with van der Waals surface area (Å²) in [6.07, 6.45) is 4.96. The summed E-state index contributed by atoms with van der Waals surface area (Å²) in [6, 6.07) is 5.09. The van der Waals surface area contributed by atoms with Crippen LogP contribution >= 0.6 is 0 Å². The summed E-state index contributed by atoms with van der Waals surface area (Å²) in [5.41, 5.74) is 0.519. The second-order valence-electron chi connectivity index (χ2n) is 6.49. The fraction of sp³-hybridized carbons (Fsp3) is 0.450. The molecule has 2 aliphatic rings. The molecule has 1 aliphatic heterocycles. The van der Waals surface area contributed by atoms with Crippen LogP contribution < -0.4 is 14.8 Å². The van der Waals surface area contributed by atoms with Crippen LogP contribution in [-0.4, -0.2) is 42.4 Å². The van der Waals surface area contributed by atoms with Gasteiger partial charge in [0.1, 0.15) is 6.54 Å². The largest absolute Gasteiger partial charge is 0.490 e. The molecule has 0 radical (unpaired) electrons. The van der Waals surface area contributed by atoms with E-state index < -0.39 is 5.91 Å². The Hall–Kier alpha value is -2.83. The van der Waals surface area contributed by atoms with Gasteiger partial charge in [-0.25, -0.2) is 0 Å². The SMILES string of the molecule is CCOc1ccc(NC(=O)CN2C(=O)[C@H]3CC=CC[C@@H]3C2=O)cc1OCC. The van der Waals surface area contributed by atoms with Gasteiger partial charge < -0.3 is 14.8 Å². The lowest BCUT2D eigenvalue weighted by Gasteiger charge is -2.16. The van der Waals surface area contributed by atoms with Gasteiger partial charge in [-0.2, -0.15) is 0 Å². The monoisotopic (exact) mass is 372 g/mol. The maximum absolute atomic E-state index is 12.4. The van der Waals surface area contributed by atoms with Crippen molar-refractivity contribution in [3.8, 4) is 11.5 Å². The van der Waals surface area contributed by atoms with Crippen LogP contribution in [0.4, 0.5) is 5.69 Å². The van der Waals surface area contributed by atoms with Crippen LogP contribution in [0.2, 0.25) is 0 Å². The number of amides is 3. The quantitative estimate of drug-likeness (QED) is 0.587. The third-order valence-corrected chi connectivity index (χ3v) is 4.73. The van der Waals surface area contributed by atoms with E-state index in [4.69, 9.17) is 9.47 Å². The number of hydrogen-bond acceptors (Lipinski definition) is 5. The van der Waals surface area contributed by atoms with E-state index in [-0.39, 0.29) is 30.2 Å². The number of rotatable bonds is 7. The zero-order valence-electron chi connectivity index (χ0n) is 15.6. The Morgan fingerprint density at radius 2 is 1.63 bits per heavy atom. The van der Waals surface area contributed by atoms with Gasteiger partial charge in [-0.05, 0) is 38.8 Å². The molecule has 144 valence electrons. The van der Waals surface area contributed by atoms with Crippen molar-refractivity contribution >= 4 is 23.4 Å². The molecule has 0 saturated carbocycles. The number of allylic oxidation sites excluding steroid dienone is 2. The van der Waals surface area contributed by atoms with Gasteiger partial charge in [-0.3, -0.25) is 19.3 Å². The van der Waals surface area contributed by atoms with E-state index in [9.17, 15) is 14.4 Å². The molecule has 7 nitrogen and oxygen atoms in total. The van der Waals surface area contributed by atoms with Crippen molar-refractivity contribution in [1.29, 1.82) is 0 Å². The molecule has 1 aliphatic carbocycles. The number of ether oxygens (including phenoxy) is 2. The Bertz CT molecular complexity index is 748. The highest BCUT2D eigenvalue weighted by Crippen LogP contribution is 2.35. The molecule has 1 saturated heterocycles. The average Bonchev–Trinajstić information content (AvgIpc) is 2.89. The summed E-state index contributed by atoms with van der Waals surface area (Å²) in [6.45, 7) is 4.43. The topological polar surface area (TPSA) is 84.9 Å². The Morgan fingerprint density at radius 3 is 2.22 bits per heavy atom. The minimum atomic E-state index is -0.421. The molecule has 2 atom stereocenters. The van der Waals surface area contributed by atoms with Crippen molar-refractivity contribution in [3.05, 3.63) is 30.4 Å². The van der Waals surface area contributed by atoms with Crippen LogP contribution in [0.25, 0.3) is 0 Å². The van der Waals surface area contributed by atoms with Gasteiger partial charge in [0.2, 0.25) is 17.7 Å². The first-order valence-electron chi connectivity index (χ1n) is 9.24. The first kappa shape index (κ1) is 18.9. The summed E-state index contributed by atoms with van der Waals surface area (Å²) in [7, 11) is 0. The maximum Gasteiger partial charge on any atom is 0.244 e. The number of likely N-dealkylation sites (tertiary alicyclic amines) is 1. The Labute approximate surface area is 158 Å². The molecule has 27 heavy (non-hydrogen) atoms. The van der Waals surface area contributed by atoms with Gasteiger partial charge in [-0.15, -0.1) is 0 Å².